The summed E-state index contributed by atoms with van der Waals surface area (Å²) in [7, 11) is 3.62. The lowest BCUT2D eigenvalue weighted by atomic mass is 9.86. The molecule has 0 aromatic carbocycles. The van der Waals surface area contributed by atoms with E-state index in [1.165, 1.54) is 0 Å². The van der Waals surface area contributed by atoms with Crippen LogP contribution in [0.25, 0.3) is 6.08 Å². The molecule has 6 heteroatoms. The highest BCUT2D eigenvalue weighted by Crippen LogP contribution is 2.27. The zero-order valence-electron chi connectivity index (χ0n) is 13.4. The molecule has 1 heterocycles. The van der Waals surface area contributed by atoms with E-state index in [1.54, 1.807) is 28.8 Å². The second kappa shape index (κ2) is 7.29. The Labute approximate surface area is 136 Å². The SMILES string of the molecule is Cc1nn(C)c(Cl)c1/C=C/C(=O)N(C)C1CCC(CO)CC1. The lowest BCUT2D eigenvalue weighted by Gasteiger charge is -2.33. The highest BCUT2D eigenvalue weighted by molar-refractivity contribution is 6.31. The summed E-state index contributed by atoms with van der Waals surface area (Å²) < 4.78 is 1.60. The fourth-order valence-corrected chi connectivity index (χ4v) is 3.24. The van der Waals surface area contributed by atoms with Crippen LogP contribution in [0.4, 0.5) is 0 Å². The van der Waals surface area contributed by atoms with Crippen LogP contribution in [0.2, 0.25) is 5.15 Å². The van der Waals surface area contributed by atoms with Gasteiger partial charge < -0.3 is 10.0 Å². The molecule has 2 rings (SSSR count). The van der Waals surface area contributed by atoms with Crippen molar-refractivity contribution in [2.75, 3.05) is 13.7 Å². The van der Waals surface area contributed by atoms with Crippen LogP contribution in [0.5, 0.6) is 0 Å². The van der Waals surface area contributed by atoms with Crippen molar-refractivity contribution in [3.05, 3.63) is 22.5 Å². The molecule has 0 unspecified atom stereocenters. The van der Waals surface area contributed by atoms with E-state index in [0.717, 1.165) is 36.9 Å². The second-order valence-corrected chi connectivity index (χ2v) is 6.41. The monoisotopic (exact) mass is 325 g/mol. The smallest absolute Gasteiger partial charge is 0.246 e. The molecule has 1 N–H and O–H groups in total. The first-order valence-electron chi connectivity index (χ1n) is 7.68. The van der Waals surface area contributed by atoms with Gasteiger partial charge in [0.25, 0.3) is 0 Å². The summed E-state index contributed by atoms with van der Waals surface area (Å²) >= 11 is 6.16. The summed E-state index contributed by atoms with van der Waals surface area (Å²) in [4.78, 5) is 14.1. The molecule has 0 spiro atoms. The minimum absolute atomic E-state index is 0.0215. The maximum atomic E-state index is 12.3. The molecular weight excluding hydrogens is 302 g/mol. The first-order valence-corrected chi connectivity index (χ1v) is 8.06. The van der Waals surface area contributed by atoms with Crippen LogP contribution in [0.1, 0.15) is 36.9 Å². The Hall–Kier alpha value is -1.33. The van der Waals surface area contributed by atoms with Crippen molar-refractivity contribution < 1.29 is 9.90 Å². The highest BCUT2D eigenvalue weighted by atomic mass is 35.5. The second-order valence-electron chi connectivity index (χ2n) is 6.05. The third-order valence-electron chi connectivity index (χ3n) is 4.56. The lowest BCUT2D eigenvalue weighted by molar-refractivity contribution is -0.127. The standard InChI is InChI=1S/C16H24ClN3O2/c1-11-14(16(17)20(3)18-11)8-9-15(22)19(2)13-6-4-12(10-21)5-7-13/h8-9,12-13,21H,4-7,10H2,1-3H3/b9-8+. The molecule has 122 valence electrons. The van der Waals surface area contributed by atoms with E-state index in [0.29, 0.717) is 11.1 Å². The van der Waals surface area contributed by atoms with E-state index in [2.05, 4.69) is 5.10 Å². The number of carbonyl (C=O) groups excluding carboxylic acids is 1. The van der Waals surface area contributed by atoms with Crippen molar-refractivity contribution >= 4 is 23.6 Å². The van der Waals surface area contributed by atoms with Gasteiger partial charge in [-0.2, -0.15) is 5.10 Å². The van der Waals surface area contributed by atoms with Crippen LogP contribution >= 0.6 is 11.6 Å². The Bertz CT molecular complexity index is 560. The molecule has 1 aliphatic rings. The van der Waals surface area contributed by atoms with Crippen LogP contribution in [-0.2, 0) is 11.8 Å². The predicted octanol–water partition coefficient (Wildman–Crippen LogP) is 2.40. The molecule has 22 heavy (non-hydrogen) atoms. The molecular formula is C16H24ClN3O2. The number of aliphatic hydroxyl groups excluding tert-OH is 1. The average Bonchev–Trinajstić information content (AvgIpc) is 2.77. The fourth-order valence-electron chi connectivity index (χ4n) is 3.00. The van der Waals surface area contributed by atoms with Gasteiger partial charge in [0.15, 0.2) is 0 Å². The molecule has 1 amide bonds. The van der Waals surface area contributed by atoms with Gasteiger partial charge in [0.2, 0.25) is 5.91 Å². The predicted molar refractivity (Wildman–Crippen MR) is 87.6 cm³/mol. The first kappa shape index (κ1) is 17.0. The summed E-state index contributed by atoms with van der Waals surface area (Å²) in [6.07, 6.45) is 7.17. The van der Waals surface area contributed by atoms with E-state index < -0.39 is 0 Å². The van der Waals surface area contributed by atoms with Crippen LogP contribution < -0.4 is 0 Å². The van der Waals surface area contributed by atoms with Gasteiger partial charge in [0.05, 0.1) is 5.69 Å². The number of halogens is 1. The van der Waals surface area contributed by atoms with Crippen LogP contribution in [-0.4, -0.2) is 45.4 Å². The Morgan fingerprint density at radius 2 is 2.09 bits per heavy atom. The lowest BCUT2D eigenvalue weighted by Crippen LogP contribution is -2.39. The van der Waals surface area contributed by atoms with Crippen molar-refractivity contribution in [2.45, 2.75) is 38.6 Å². The maximum Gasteiger partial charge on any atom is 0.246 e. The zero-order valence-corrected chi connectivity index (χ0v) is 14.2. The molecule has 0 aliphatic heterocycles. The summed E-state index contributed by atoms with van der Waals surface area (Å²) in [5.41, 5.74) is 1.59. The number of rotatable bonds is 4. The maximum absolute atomic E-state index is 12.3. The Morgan fingerprint density at radius 3 is 2.59 bits per heavy atom. The average molecular weight is 326 g/mol. The zero-order chi connectivity index (χ0) is 16.3. The Morgan fingerprint density at radius 1 is 1.45 bits per heavy atom. The van der Waals surface area contributed by atoms with Crippen molar-refractivity contribution in [3.63, 3.8) is 0 Å². The summed E-state index contributed by atoms with van der Waals surface area (Å²) in [5.74, 6) is 0.374. The van der Waals surface area contributed by atoms with Crippen molar-refractivity contribution in [1.82, 2.24) is 14.7 Å². The molecule has 0 saturated heterocycles. The molecule has 0 radical (unpaired) electrons. The molecule has 0 atom stereocenters. The van der Waals surface area contributed by atoms with E-state index >= 15 is 0 Å². The van der Waals surface area contributed by atoms with Gasteiger partial charge in [-0.05, 0) is 44.6 Å². The van der Waals surface area contributed by atoms with Gasteiger partial charge in [0.1, 0.15) is 5.15 Å². The number of aromatic nitrogens is 2. The largest absolute Gasteiger partial charge is 0.396 e. The van der Waals surface area contributed by atoms with Crippen LogP contribution in [0, 0.1) is 12.8 Å². The number of amides is 1. The van der Waals surface area contributed by atoms with E-state index in [-0.39, 0.29) is 18.6 Å². The van der Waals surface area contributed by atoms with E-state index in [1.807, 2.05) is 14.0 Å². The fraction of sp³-hybridized carbons (Fsp3) is 0.625. The van der Waals surface area contributed by atoms with Gasteiger partial charge in [-0.15, -0.1) is 0 Å². The number of nitrogens with zero attached hydrogens (tertiary/aromatic N) is 3. The number of hydrogen-bond acceptors (Lipinski definition) is 3. The number of aryl methyl sites for hydroxylation is 2. The van der Waals surface area contributed by atoms with E-state index in [9.17, 15) is 9.90 Å². The molecule has 1 aromatic heterocycles. The molecule has 1 aliphatic carbocycles. The van der Waals surface area contributed by atoms with Gasteiger partial charge >= 0.3 is 0 Å². The number of hydrogen-bond donors (Lipinski definition) is 1. The molecule has 1 aromatic rings. The third-order valence-corrected chi connectivity index (χ3v) is 5.01. The van der Waals surface area contributed by atoms with Crippen molar-refractivity contribution in [1.29, 1.82) is 0 Å². The van der Waals surface area contributed by atoms with Gasteiger partial charge in [0, 0.05) is 38.4 Å². The normalized spacial score (nSPS) is 22.2. The minimum atomic E-state index is -0.0215. The van der Waals surface area contributed by atoms with Crippen LogP contribution in [0.3, 0.4) is 0 Å². The first-order chi connectivity index (χ1) is 10.4. The minimum Gasteiger partial charge on any atom is -0.396 e. The molecule has 5 nitrogen and oxygen atoms in total. The number of likely N-dealkylation sites (N-methyl/N-ethyl adjacent to an activating group) is 1. The van der Waals surface area contributed by atoms with Crippen molar-refractivity contribution in [3.8, 4) is 0 Å². The number of aliphatic hydroxyl groups is 1. The summed E-state index contributed by atoms with van der Waals surface area (Å²) in [6.45, 7) is 2.12. The Kier molecular flexibility index (Phi) is 5.64. The van der Waals surface area contributed by atoms with Crippen molar-refractivity contribution in [2.24, 2.45) is 13.0 Å². The van der Waals surface area contributed by atoms with Gasteiger partial charge in [-0.1, -0.05) is 11.6 Å². The Balaban J connectivity index is 1.98. The molecule has 1 fully saturated rings. The quantitative estimate of drug-likeness (QED) is 0.865. The number of carbonyl (C=O) groups is 1. The topological polar surface area (TPSA) is 58.4 Å². The third kappa shape index (κ3) is 3.70. The van der Waals surface area contributed by atoms with Crippen LogP contribution in [0.15, 0.2) is 6.08 Å². The molecule has 1 saturated carbocycles. The highest BCUT2D eigenvalue weighted by Gasteiger charge is 2.25. The van der Waals surface area contributed by atoms with Gasteiger partial charge in [-0.3, -0.25) is 9.48 Å². The molecule has 0 bridgehead atoms. The van der Waals surface area contributed by atoms with E-state index in [4.69, 9.17) is 11.6 Å². The summed E-state index contributed by atoms with van der Waals surface area (Å²) in [5, 5.41) is 13.9. The summed E-state index contributed by atoms with van der Waals surface area (Å²) in [6, 6.07) is 0.255. The van der Waals surface area contributed by atoms with Gasteiger partial charge in [-0.25, -0.2) is 0 Å².